The lowest BCUT2D eigenvalue weighted by Gasteiger charge is -2.35. The Labute approximate surface area is 236 Å². The van der Waals surface area contributed by atoms with Crippen molar-refractivity contribution in [1.82, 2.24) is 34.9 Å². The number of carbonyl (C=O) groups excluding carboxylic acids is 1. The van der Waals surface area contributed by atoms with Gasteiger partial charge in [0.05, 0.1) is 22.5 Å². The maximum Gasteiger partial charge on any atom is 0.319 e. The number of piperazine rings is 1. The number of rotatable bonds is 7. The van der Waals surface area contributed by atoms with Crippen LogP contribution in [0.25, 0.3) is 21.8 Å². The van der Waals surface area contributed by atoms with Crippen LogP contribution in [0, 0.1) is 6.92 Å². The van der Waals surface area contributed by atoms with Crippen molar-refractivity contribution in [3.63, 3.8) is 0 Å². The molecule has 4 aromatic rings. The number of fused-ring (bicyclic) bond motifs is 2. The molecule has 1 amide bonds. The largest absolute Gasteiger partial charge is 0.462 e. The number of aromatic amines is 1. The Morgan fingerprint density at radius 3 is 2.80 bits per heavy atom. The highest BCUT2D eigenvalue weighted by Gasteiger charge is 2.26. The number of halogens is 1. The van der Waals surface area contributed by atoms with E-state index in [1.165, 1.54) is 6.08 Å². The van der Waals surface area contributed by atoms with Crippen molar-refractivity contribution in [3.05, 3.63) is 47.8 Å². The minimum Gasteiger partial charge on any atom is -0.462 e. The van der Waals surface area contributed by atoms with Crippen LogP contribution >= 0.6 is 11.6 Å². The average Bonchev–Trinajstić information content (AvgIpc) is 3.62. The minimum absolute atomic E-state index is 0.0701. The molecule has 1 aromatic carbocycles. The molecule has 0 radical (unpaired) electrons. The lowest BCUT2D eigenvalue weighted by atomic mass is 10.1. The van der Waals surface area contributed by atoms with Crippen LogP contribution in [-0.4, -0.2) is 93.3 Å². The summed E-state index contributed by atoms with van der Waals surface area (Å²) in [6.07, 6.45) is 6.96. The third-order valence-corrected chi connectivity index (χ3v) is 8.16. The van der Waals surface area contributed by atoms with E-state index in [1.54, 1.807) is 17.3 Å². The van der Waals surface area contributed by atoms with Crippen LogP contribution in [0.5, 0.6) is 17.6 Å². The minimum atomic E-state index is -0.0701. The number of amides is 1. The molecule has 40 heavy (non-hydrogen) atoms. The molecular formula is C28H31ClN8O3. The van der Waals surface area contributed by atoms with Crippen molar-refractivity contribution >= 4 is 45.1 Å². The smallest absolute Gasteiger partial charge is 0.319 e. The highest BCUT2D eigenvalue weighted by atomic mass is 35.5. The number of benzene rings is 1. The Bertz CT molecular complexity index is 1580. The van der Waals surface area contributed by atoms with Gasteiger partial charge in [0.25, 0.3) is 0 Å². The number of nitrogens with one attached hydrogen (secondary N) is 1. The molecule has 208 valence electrons. The molecule has 1 N–H and O–H groups in total. The number of carbonyl (C=O) groups is 1. The predicted molar refractivity (Wildman–Crippen MR) is 153 cm³/mol. The second-order valence-corrected chi connectivity index (χ2v) is 10.6. The first-order valence-electron chi connectivity index (χ1n) is 13.4. The molecule has 5 heterocycles. The molecule has 0 spiro atoms. The first-order chi connectivity index (χ1) is 19.4. The number of ether oxygens (including phenoxy) is 2. The summed E-state index contributed by atoms with van der Waals surface area (Å²) in [5.41, 5.74) is 2.06. The predicted octanol–water partition coefficient (Wildman–Crippen LogP) is 3.96. The zero-order valence-electron chi connectivity index (χ0n) is 22.6. The maximum atomic E-state index is 12.2. The zero-order chi connectivity index (χ0) is 27.8. The summed E-state index contributed by atoms with van der Waals surface area (Å²) in [6, 6.07) is 4.28. The monoisotopic (exact) mass is 562 g/mol. The number of anilines is 1. The van der Waals surface area contributed by atoms with Crippen LogP contribution in [0.15, 0.2) is 37.2 Å². The number of nitrogens with zero attached hydrogens (tertiary/aromatic N) is 7. The average molecular weight is 563 g/mol. The van der Waals surface area contributed by atoms with Crippen LogP contribution in [0.2, 0.25) is 5.02 Å². The third-order valence-electron chi connectivity index (χ3n) is 7.76. The Hall–Kier alpha value is -3.96. The van der Waals surface area contributed by atoms with Gasteiger partial charge in [-0.2, -0.15) is 15.1 Å². The molecule has 0 saturated carbocycles. The van der Waals surface area contributed by atoms with Gasteiger partial charge in [-0.25, -0.2) is 4.98 Å². The van der Waals surface area contributed by atoms with Crippen LogP contribution in [-0.2, 0) is 4.79 Å². The first-order valence-corrected chi connectivity index (χ1v) is 13.8. The fourth-order valence-electron chi connectivity index (χ4n) is 5.36. The van der Waals surface area contributed by atoms with E-state index in [1.807, 2.05) is 19.1 Å². The lowest BCUT2D eigenvalue weighted by molar-refractivity contribution is -0.126. The van der Waals surface area contributed by atoms with E-state index in [9.17, 15) is 4.79 Å². The number of pyridine rings is 1. The molecular weight excluding hydrogens is 532 g/mol. The second-order valence-electron chi connectivity index (χ2n) is 10.2. The SMILES string of the molecule is C=CC(=O)N1CCN(c2nc(OC[C@@H]3CCCN3C)nc3c(Oc4c(C)c(Cl)cc5[nH]ncc45)nccc23)CC1. The first kappa shape index (κ1) is 26.3. The molecule has 6 rings (SSSR count). The summed E-state index contributed by atoms with van der Waals surface area (Å²) < 4.78 is 12.6. The highest BCUT2D eigenvalue weighted by Crippen LogP contribution is 2.39. The van der Waals surface area contributed by atoms with Gasteiger partial charge in [0.2, 0.25) is 11.8 Å². The van der Waals surface area contributed by atoms with Crippen molar-refractivity contribution in [2.24, 2.45) is 0 Å². The van der Waals surface area contributed by atoms with Crippen molar-refractivity contribution in [1.29, 1.82) is 0 Å². The van der Waals surface area contributed by atoms with Gasteiger partial charge in [0.1, 0.15) is 23.7 Å². The van der Waals surface area contributed by atoms with Gasteiger partial charge in [-0.05, 0) is 51.6 Å². The molecule has 2 aliphatic heterocycles. The summed E-state index contributed by atoms with van der Waals surface area (Å²) in [5.74, 6) is 1.52. The van der Waals surface area contributed by atoms with E-state index < -0.39 is 0 Å². The van der Waals surface area contributed by atoms with E-state index in [4.69, 9.17) is 31.0 Å². The number of H-pyrrole nitrogens is 1. The number of likely N-dealkylation sites (tertiary alicyclic amines) is 1. The Balaban J connectivity index is 1.40. The van der Waals surface area contributed by atoms with Gasteiger partial charge in [-0.3, -0.25) is 9.89 Å². The van der Waals surface area contributed by atoms with E-state index in [0.717, 1.165) is 41.2 Å². The van der Waals surface area contributed by atoms with Gasteiger partial charge in [-0.1, -0.05) is 18.2 Å². The molecule has 2 aliphatic rings. The summed E-state index contributed by atoms with van der Waals surface area (Å²) in [6.45, 7) is 9.39. The van der Waals surface area contributed by atoms with Gasteiger partial charge in [-0.15, -0.1) is 0 Å². The summed E-state index contributed by atoms with van der Waals surface area (Å²) in [7, 11) is 2.11. The quantitative estimate of drug-likeness (QED) is 0.334. The Morgan fingerprint density at radius 1 is 1.23 bits per heavy atom. The molecule has 3 aromatic heterocycles. The molecule has 0 aliphatic carbocycles. The Kier molecular flexibility index (Phi) is 7.16. The second kappa shape index (κ2) is 10.9. The van der Waals surface area contributed by atoms with Crippen molar-refractivity contribution in [2.45, 2.75) is 25.8 Å². The van der Waals surface area contributed by atoms with Crippen molar-refractivity contribution in [3.8, 4) is 17.6 Å². The Morgan fingerprint density at radius 2 is 2.05 bits per heavy atom. The summed E-state index contributed by atoms with van der Waals surface area (Å²) in [4.78, 5) is 32.6. The van der Waals surface area contributed by atoms with Crippen LogP contribution < -0.4 is 14.4 Å². The molecule has 11 nitrogen and oxygen atoms in total. The van der Waals surface area contributed by atoms with E-state index >= 15 is 0 Å². The topological polar surface area (TPSA) is 113 Å². The summed E-state index contributed by atoms with van der Waals surface area (Å²) in [5, 5.41) is 9.23. The number of aromatic nitrogens is 5. The van der Waals surface area contributed by atoms with E-state index in [2.05, 4.69) is 38.6 Å². The van der Waals surface area contributed by atoms with Crippen molar-refractivity contribution in [2.75, 3.05) is 51.3 Å². The number of likely N-dealkylation sites (N-methyl/N-ethyl adjacent to an activating group) is 1. The van der Waals surface area contributed by atoms with E-state index in [-0.39, 0.29) is 11.9 Å². The van der Waals surface area contributed by atoms with Crippen LogP contribution in [0.1, 0.15) is 18.4 Å². The maximum absolute atomic E-state index is 12.2. The van der Waals surface area contributed by atoms with Crippen molar-refractivity contribution < 1.29 is 14.3 Å². The van der Waals surface area contributed by atoms with Gasteiger partial charge in [0.15, 0.2) is 0 Å². The van der Waals surface area contributed by atoms with E-state index in [0.29, 0.717) is 66.8 Å². The van der Waals surface area contributed by atoms with Crippen LogP contribution in [0.4, 0.5) is 5.82 Å². The summed E-state index contributed by atoms with van der Waals surface area (Å²) >= 11 is 6.51. The third kappa shape index (κ3) is 4.90. The molecule has 0 unspecified atom stereocenters. The van der Waals surface area contributed by atoms with Crippen LogP contribution in [0.3, 0.4) is 0 Å². The fourth-order valence-corrected chi connectivity index (χ4v) is 5.56. The molecule has 2 fully saturated rings. The molecule has 0 bridgehead atoms. The lowest BCUT2D eigenvalue weighted by Crippen LogP contribution is -2.48. The normalized spacial score (nSPS) is 18.0. The number of hydrogen-bond acceptors (Lipinski definition) is 9. The van der Waals surface area contributed by atoms with Gasteiger partial charge >= 0.3 is 6.01 Å². The number of hydrogen-bond donors (Lipinski definition) is 1. The van der Waals surface area contributed by atoms with Gasteiger partial charge < -0.3 is 24.2 Å². The zero-order valence-corrected chi connectivity index (χ0v) is 23.3. The highest BCUT2D eigenvalue weighted by molar-refractivity contribution is 6.32. The molecule has 1 atom stereocenters. The molecule has 2 saturated heterocycles. The standard InChI is InChI=1S/C28H31ClN8O3/c1-4-23(38)36-10-12-37(13-11-36)26-19-7-8-30-27(40-25-17(2)21(29)14-22-20(25)15-31-34-22)24(19)32-28(33-26)39-16-18-6-5-9-35(18)3/h4,7-8,14-15,18H,1,5-6,9-13,16H2,2-3H3,(H,31,34)/t18-/m0/s1. The molecule has 12 heteroatoms. The van der Waals surface area contributed by atoms with Gasteiger partial charge in [0, 0.05) is 49.0 Å². The fraction of sp³-hybridized carbons (Fsp3) is 0.393.